The van der Waals surface area contributed by atoms with Gasteiger partial charge in [-0.15, -0.1) is 0 Å². The van der Waals surface area contributed by atoms with E-state index in [1.807, 2.05) is 46.4 Å². The lowest BCUT2D eigenvalue weighted by molar-refractivity contribution is -0.164. The molecule has 4 nitrogen and oxygen atoms in total. The lowest BCUT2D eigenvalue weighted by Gasteiger charge is -2.52. The predicted molar refractivity (Wildman–Crippen MR) is 81.3 cm³/mol. The van der Waals surface area contributed by atoms with E-state index in [9.17, 15) is 9.59 Å². The molecular formula is C16H30N2O2. The molecule has 1 saturated heterocycles. The molecule has 0 spiro atoms. The Balaban J connectivity index is 3.32. The van der Waals surface area contributed by atoms with Gasteiger partial charge in [-0.3, -0.25) is 9.59 Å². The van der Waals surface area contributed by atoms with Gasteiger partial charge in [-0.2, -0.15) is 0 Å². The monoisotopic (exact) mass is 282 g/mol. The van der Waals surface area contributed by atoms with Crippen LogP contribution in [0.3, 0.4) is 0 Å². The first-order valence-corrected chi connectivity index (χ1v) is 7.79. The molecule has 2 amide bonds. The summed E-state index contributed by atoms with van der Waals surface area (Å²) in [7, 11) is 0. The summed E-state index contributed by atoms with van der Waals surface area (Å²) in [6.07, 6.45) is 2.17. The van der Waals surface area contributed by atoms with Gasteiger partial charge in [0.1, 0.15) is 11.6 Å². The van der Waals surface area contributed by atoms with E-state index in [0.717, 1.165) is 6.42 Å². The number of piperazine rings is 1. The summed E-state index contributed by atoms with van der Waals surface area (Å²) in [6.45, 7) is 14.1. The van der Waals surface area contributed by atoms with Crippen molar-refractivity contribution >= 4 is 11.8 Å². The maximum atomic E-state index is 13.0. The highest BCUT2D eigenvalue weighted by Crippen LogP contribution is 2.35. The Hall–Kier alpha value is -1.06. The summed E-state index contributed by atoms with van der Waals surface area (Å²) in [5.74, 6) is 0.0671. The molecule has 1 rings (SSSR count). The van der Waals surface area contributed by atoms with E-state index in [0.29, 0.717) is 12.8 Å². The fourth-order valence-corrected chi connectivity index (χ4v) is 3.11. The van der Waals surface area contributed by atoms with Gasteiger partial charge in [-0.25, -0.2) is 0 Å². The largest absolute Gasteiger partial charge is 0.342 e. The SMILES string of the molecule is CCC(C)N1C(=O)C(C(C)(C)C)NC(=O)C1(CC)CC. The van der Waals surface area contributed by atoms with E-state index >= 15 is 0 Å². The van der Waals surface area contributed by atoms with Gasteiger partial charge in [0, 0.05) is 6.04 Å². The van der Waals surface area contributed by atoms with Crippen LogP contribution in [0, 0.1) is 5.41 Å². The van der Waals surface area contributed by atoms with E-state index in [2.05, 4.69) is 12.2 Å². The lowest BCUT2D eigenvalue weighted by atomic mass is 9.78. The number of rotatable bonds is 4. The zero-order valence-corrected chi connectivity index (χ0v) is 14.0. The first-order chi connectivity index (χ1) is 9.15. The molecule has 0 aromatic carbocycles. The standard InChI is InChI=1S/C16H30N2O2/c1-8-11(4)18-13(19)12(15(5,6)7)17-14(20)16(18,9-2)10-3/h11-12H,8-10H2,1-7H3,(H,17,20). The molecule has 1 aliphatic heterocycles. The fraction of sp³-hybridized carbons (Fsp3) is 0.875. The van der Waals surface area contributed by atoms with E-state index in [1.54, 1.807) is 0 Å². The summed E-state index contributed by atoms with van der Waals surface area (Å²) >= 11 is 0. The maximum Gasteiger partial charge on any atom is 0.246 e. The van der Waals surface area contributed by atoms with Gasteiger partial charge >= 0.3 is 0 Å². The third-order valence-corrected chi connectivity index (χ3v) is 4.71. The minimum Gasteiger partial charge on any atom is -0.342 e. The first kappa shape index (κ1) is 17.0. The minimum absolute atomic E-state index is 0.00215. The number of hydrogen-bond donors (Lipinski definition) is 1. The third-order valence-electron chi connectivity index (χ3n) is 4.71. The Morgan fingerprint density at radius 3 is 2.05 bits per heavy atom. The normalized spacial score (nSPS) is 24.6. The van der Waals surface area contributed by atoms with Crippen molar-refractivity contribution in [2.75, 3.05) is 0 Å². The Morgan fingerprint density at radius 1 is 1.20 bits per heavy atom. The van der Waals surface area contributed by atoms with Crippen LogP contribution in [0.15, 0.2) is 0 Å². The minimum atomic E-state index is -0.686. The second-order valence-corrected chi connectivity index (χ2v) is 6.98. The molecule has 2 atom stereocenters. The summed E-state index contributed by atoms with van der Waals surface area (Å²) in [6, 6.07) is -0.353. The van der Waals surface area contributed by atoms with E-state index in [4.69, 9.17) is 0 Å². The summed E-state index contributed by atoms with van der Waals surface area (Å²) in [5, 5.41) is 2.98. The topological polar surface area (TPSA) is 49.4 Å². The molecule has 1 N–H and O–H groups in total. The molecule has 4 heteroatoms. The highest BCUT2D eigenvalue weighted by atomic mass is 16.2. The zero-order valence-electron chi connectivity index (χ0n) is 14.0. The molecule has 0 radical (unpaired) electrons. The Kier molecular flexibility index (Phi) is 4.88. The van der Waals surface area contributed by atoms with Crippen molar-refractivity contribution < 1.29 is 9.59 Å². The summed E-state index contributed by atoms with van der Waals surface area (Å²) in [5.41, 5.74) is -0.958. The number of hydrogen-bond acceptors (Lipinski definition) is 2. The van der Waals surface area contributed by atoms with Crippen LogP contribution in [0.25, 0.3) is 0 Å². The molecule has 2 unspecified atom stereocenters. The van der Waals surface area contributed by atoms with Gasteiger partial charge in [0.25, 0.3) is 0 Å². The van der Waals surface area contributed by atoms with Crippen molar-refractivity contribution in [3.05, 3.63) is 0 Å². The second kappa shape index (κ2) is 5.74. The Bertz CT molecular complexity index is 380. The number of nitrogens with one attached hydrogen (secondary N) is 1. The third kappa shape index (κ3) is 2.57. The van der Waals surface area contributed by atoms with Crippen LogP contribution in [0.5, 0.6) is 0 Å². The molecule has 0 aromatic rings. The smallest absolute Gasteiger partial charge is 0.246 e. The number of amides is 2. The molecular weight excluding hydrogens is 252 g/mol. The number of carbonyl (C=O) groups excluding carboxylic acids is 2. The fourth-order valence-electron chi connectivity index (χ4n) is 3.11. The second-order valence-electron chi connectivity index (χ2n) is 6.98. The zero-order chi connectivity index (χ0) is 15.7. The van der Waals surface area contributed by atoms with Gasteiger partial charge in [0.05, 0.1) is 0 Å². The van der Waals surface area contributed by atoms with Gasteiger partial charge in [0.15, 0.2) is 0 Å². The average molecular weight is 282 g/mol. The van der Waals surface area contributed by atoms with Gasteiger partial charge in [-0.05, 0) is 31.6 Å². The van der Waals surface area contributed by atoms with Crippen molar-refractivity contribution in [3.8, 4) is 0 Å². The van der Waals surface area contributed by atoms with Crippen LogP contribution < -0.4 is 5.32 Å². The van der Waals surface area contributed by atoms with Crippen LogP contribution in [0.2, 0.25) is 0 Å². The highest BCUT2D eigenvalue weighted by molar-refractivity contribution is 6.00. The van der Waals surface area contributed by atoms with Crippen molar-refractivity contribution in [2.45, 2.75) is 85.4 Å². The van der Waals surface area contributed by atoms with Crippen LogP contribution >= 0.6 is 0 Å². The average Bonchev–Trinajstić information content (AvgIpc) is 2.38. The van der Waals surface area contributed by atoms with Crippen LogP contribution in [0.1, 0.15) is 67.7 Å². The van der Waals surface area contributed by atoms with E-state index in [-0.39, 0.29) is 23.3 Å². The molecule has 0 aromatic heterocycles. The highest BCUT2D eigenvalue weighted by Gasteiger charge is 2.53. The van der Waals surface area contributed by atoms with Gasteiger partial charge < -0.3 is 10.2 Å². The number of nitrogens with zero attached hydrogens (tertiary/aromatic N) is 1. The molecule has 0 aliphatic carbocycles. The van der Waals surface area contributed by atoms with E-state index < -0.39 is 11.6 Å². The molecule has 1 heterocycles. The predicted octanol–water partition coefficient (Wildman–Crippen LogP) is 2.72. The molecule has 0 bridgehead atoms. The van der Waals surface area contributed by atoms with Gasteiger partial charge in [0.2, 0.25) is 11.8 Å². The van der Waals surface area contributed by atoms with Crippen molar-refractivity contribution in [1.82, 2.24) is 10.2 Å². The quantitative estimate of drug-likeness (QED) is 0.862. The molecule has 116 valence electrons. The van der Waals surface area contributed by atoms with Crippen molar-refractivity contribution in [2.24, 2.45) is 5.41 Å². The van der Waals surface area contributed by atoms with Crippen LogP contribution in [0.4, 0.5) is 0 Å². The molecule has 20 heavy (non-hydrogen) atoms. The van der Waals surface area contributed by atoms with Crippen molar-refractivity contribution in [1.29, 1.82) is 0 Å². The van der Waals surface area contributed by atoms with Crippen LogP contribution in [-0.2, 0) is 9.59 Å². The summed E-state index contributed by atoms with van der Waals surface area (Å²) < 4.78 is 0. The Morgan fingerprint density at radius 2 is 1.70 bits per heavy atom. The van der Waals surface area contributed by atoms with E-state index in [1.165, 1.54) is 0 Å². The number of carbonyl (C=O) groups is 2. The first-order valence-electron chi connectivity index (χ1n) is 7.79. The Labute approximate surface area is 123 Å². The van der Waals surface area contributed by atoms with Gasteiger partial charge in [-0.1, -0.05) is 41.5 Å². The lowest BCUT2D eigenvalue weighted by Crippen LogP contribution is -2.74. The van der Waals surface area contributed by atoms with Crippen LogP contribution in [-0.4, -0.2) is 34.3 Å². The molecule has 1 fully saturated rings. The summed E-state index contributed by atoms with van der Waals surface area (Å²) in [4.78, 5) is 27.5. The molecule has 1 aliphatic rings. The van der Waals surface area contributed by atoms with Crippen molar-refractivity contribution in [3.63, 3.8) is 0 Å². The molecule has 0 saturated carbocycles. The maximum absolute atomic E-state index is 13.0.